The molecule has 130 valence electrons. The SMILES string of the molecule is C=C1C(=O)N(Cc2ccc(OC)cc2)c2ccc(OC(F)(F)F)cc21. The highest BCUT2D eigenvalue weighted by atomic mass is 19.4. The Morgan fingerprint density at radius 1 is 1.08 bits per heavy atom. The van der Waals surface area contributed by atoms with E-state index >= 15 is 0 Å². The number of rotatable bonds is 4. The predicted octanol–water partition coefficient (Wildman–Crippen LogP) is 4.15. The summed E-state index contributed by atoms with van der Waals surface area (Å²) in [4.78, 5) is 13.9. The van der Waals surface area contributed by atoms with E-state index in [-0.39, 0.29) is 23.8 Å². The van der Waals surface area contributed by atoms with Crippen LogP contribution in [0.5, 0.6) is 11.5 Å². The minimum atomic E-state index is -4.79. The molecule has 0 saturated heterocycles. The van der Waals surface area contributed by atoms with Gasteiger partial charge in [0, 0.05) is 11.1 Å². The first kappa shape index (κ1) is 16.9. The molecule has 1 amide bonds. The summed E-state index contributed by atoms with van der Waals surface area (Å²) >= 11 is 0. The third-order valence-corrected chi connectivity index (χ3v) is 3.82. The number of fused-ring (bicyclic) bond motifs is 1. The first-order chi connectivity index (χ1) is 11.8. The highest BCUT2D eigenvalue weighted by molar-refractivity contribution is 6.32. The van der Waals surface area contributed by atoms with Crippen molar-refractivity contribution in [2.24, 2.45) is 0 Å². The van der Waals surface area contributed by atoms with Crippen LogP contribution in [0.25, 0.3) is 5.57 Å². The molecule has 2 aromatic rings. The van der Waals surface area contributed by atoms with Crippen molar-refractivity contribution in [2.75, 3.05) is 12.0 Å². The number of benzene rings is 2. The van der Waals surface area contributed by atoms with Crippen LogP contribution in [0.2, 0.25) is 0 Å². The van der Waals surface area contributed by atoms with Crippen LogP contribution in [0.3, 0.4) is 0 Å². The maximum Gasteiger partial charge on any atom is 0.573 e. The van der Waals surface area contributed by atoms with Crippen LogP contribution in [-0.4, -0.2) is 19.4 Å². The average molecular weight is 349 g/mol. The van der Waals surface area contributed by atoms with E-state index < -0.39 is 6.36 Å². The second-order valence-electron chi connectivity index (χ2n) is 5.44. The predicted molar refractivity (Wildman–Crippen MR) is 86.3 cm³/mol. The van der Waals surface area contributed by atoms with Crippen LogP contribution in [0.4, 0.5) is 18.9 Å². The summed E-state index contributed by atoms with van der Waals surface area (Å²) in [6.07, 6.45) is -4.79. The summed E-state index contributed by atoms with van der Waals surface area (Å²) in [5.74, 6) is -0.0447. The van der Waals surface area contributed by atoms with Crippen molar-refractivity contribution in [3.05, 3.63) is 60.2 Å². The lowest BCUT2D eigenvalue weighted by Gasteiger charge is -2.18. The van der Waals surface area contributed by atoms with E-state index in [9.17, 15) is 18.0 Å². The Morgan fingerprint density at radius 2 is 1.72 bits per heavy atom. The fourth-order valence-electron chi connectivity index (χ4n) is 2.65. The first-order valence-electron chi connectivity index (χ1n) is 7.32. The number of nitrogens with zero attached hydrogens (tertiary/aromatic N) is 1. The average Bonchev–Trinajstić information content (AvgIpc) is 2.79. The Morgan fingerprint density at radius 3 is 2.32 bits per heavy atom. The maximum atomic E-state index is 12.4. The van der Waals surface area contributed by atoms with Crippen molar-refractivity contribution >= 4 is 17.2 Å². The number of hydrogen-bond acceptors (Lipinski definition) is 3. The van der Waals surface area contributed by atoms with Crippen LogP contribution >= 0.6 is 0 Å². The van der Waals surface area contributed by atoms with Crippen LogP contribution in [0.1, 0.15) is 11.1 Å². The van der Waals surface area contributed by atoms with Gasteiger partial charge in [-0.25, -0.2) is 0 Å². The third-order valence-electron chi connectivity index (χ3n) is 3.82. The van der Waals surface area contributed by atoms with Gasteiger partial charge in [0.1, 0.15) is 11.5 Å². The molecule has 1 aliphatic heterocycles. The summed E-state index contributed by atoms with van der Waals surface area (Å²) in [7, 11) is 1.56. The number of ether oxygens (including phenoxy) is 2. The molecule has 0 N–H and O–H groups in total. The lowest BCUT2D eigenvalue weighted by atomic mass is 10.1. The molecular weight excluding hydrogens is 335 g/mol. The van der Waals surface area contributed by atoms with E-state index in [1.807, 2.05) is 12.1 Å². The highest BCUT2D eigenvalue weighted by Crippen LogP contribution is 2.39. The van der Waals surface area contributed by atoms with E-state index in [0.717, 1.165) is 5.56 Å². The van der Waals surface area contributed by atoms with Gasteiger partial charge in [0.05, 0.1) is 19.3 Å². The second kappa shape index (κ2) is 6.16. The standard InChI is InChI=1S/C18H14F3NO3/c1-11-15-9-14(25-18(19,20)21)7-8-16(15)22(17(11)23)10-12-3-5-13(24-2)6-4-12/h3-9H,1,10H2,2H3. The summed E-state index contributed by atoms with van der Waals surface area (Å²) < 4.78 is 46.1. The molecule has 0 atom stereocenters. The number of halogens is 3. The second-order valence-corrected chi connectivity index (χ2v) is 5.44. The minimum Gasteiger partial charge on any atom is -0.497 e. The molecular formula is C18H14F3NO3. The van der Waals surface area contributed by atoms with Gasteiger partial charge in [-0.3, -0.25) is 4.79 Å². The summed E-state index contributed by atoms with van der Waals surface area (Å²) in [5.41, 5.74) is 1.82. The Kier molecular flexibility index (Phi) is 4.16. The molecule has 7 heteroatoms. The molecule has 3 rings (SSSR count). The van der Waals surface area contributed by atoms with Crippen LogP contribution in [0, 0.1) is 0 Å². The lowest BCUT2D eigenvalue weighted by molar-refractivity contribution is -0.274. The zero-order chi connectivity index (χ0) is 18.2. The van der Waals surface area contributed by atoms with Crippen LogP contribution < -0.4 is 14.4 Å². The van der Waals surface area contributed by atoms with Gasteiger partial charge in [-0.1, -0.05) is 18.7 Å². The molecule has 0 aliphatic carbocycles. The van der Waals surface area contributed by atoms with E-state index in [4.69, 9.17) is 4.74 Å². The van der Waals surface area contributed by atoms with Gasteiger partial charge in [-0.15, -0.1) is 13.2 Å². The van der Waals surface area contributed by atoms with E-state index in [1.54, 1.807) is 19.2 Å². The molecule has 4 nitrogen and oxygen atoms in total. The molecule has 0 aromatic heterocycles. The largest absolute Gasteiger partial charge is 0.573 e. The Bertz CT molecular complexity index is 828. The van der Waals surface area contributed by atoms with Crippen molar-refractivity contribution in [1.29, 1.82) is 0 Å². The molecule has 2 aromatic carbocycles. The molecule has 1 heterocycles. The number of hydrogen-bond donors (Lipinski definition) is 0. The molecule has 1 aliphatic rings. The monoisotopic (exact) mass is 349 g/mol. The Hall–Kier alpha value is -2.96. The van der Waals surface area contributed by atoms with Crippen molar-refractivity contribution in [1.82, 2.24) is 0 Å². The number of anilines is 1. The number of methoxy groups -OCH3 is 1. The normalized spacial score (nSPS) is 13.8. The molecule has 0 saturated carbocycles. The van der Waals surface area contributed by atoms with Gasteiger partial charge in [0.2, 0.25) is 0 Å². The molecule has 0 fully saturated rings. The summed E-state index contributed by atoms with van der Waals surface area (Å²) in [6, 6.07) is 11.0. The van der Waals surface area contributed by atoms with Crippen LogP contribution in [0.15, 0.2) is 49.0 Å². The van der Waals surface area contributed by atoms with Gasteiger partial charge >= 0.3 is 6.36 Å². The van der Waals surface area contributed by atoms with Crippen molar-refractivity contribution in [3.8, 4) is 11.5 Å². The smallest absolute Gasteiger partial charge is 0.497 e. The first-order valence-corrected chi connectivity index (χ1v) is 7.32. The molecule has 25 heavy (non-hydrogen) atoms. The van der Waals surface area contributed by atoms with E-state index in [0.29, 0.717) is 17.0 Å². The van der Waals surface area contributed by atoms with Crippen LogP contribution in [-0.2, 0) is 11.3 Å². The minimum absolute atomic E-state index is 0.135. The quantitative estimate of drug-likeness (QED) is 0.778. The number of alkyl halides is 3. The number of carbonyl (C=O) groups excluding carboxylic acids is 1. The molecule has 0 radical (unpaired) electrons. The number of carbonyl (C=O) groups is 1. The van der Waals surface area contributed by atoms with E-state index in [2.05, 4.69) is 11.3 Å². The molecule has 0 bridgehead atoms. The zero-order valence-corrected chi connectivity index (χ0v) is 13.3. The fraction of sp³-hybridized carbons (Fsp3) is 0.167. The van der Waals surface area contributed by atoms with Gasteiger partial charge in [-0.05, 0) is 35.9 Å². The summed E-state index contributed by atoms with van der Waals surface area (Å²) in [5, 5.41) is 0. The van der Waals surface area contributed by atoms with Gasteiger partial charge in [0.25, 0.3) is 5.91 Å². The summed E-state index contributed by atoms with van der Waals surface area (Å²) in [6.45, 7) is 3.96. The Labute approximate surface area is 142 Å². The van der Waals surface area contributed by atoms with Crippen molar-refractivity contribution < 1.29 is 27.4 Å². The Balaban J connectivity index is 1.88. The number of amides is 1. The molecule has 0 spiro atoms. The zero-order valence-electron chi connectivity index (χ0n) is 13.3. The van der Waals surface area contributed by atoms with Crippen molar-refractivity contribution in [2.45, 2.75) is 12.9 Å². The third kappa shape index (κ3) is 3.45. The van der Waals surface area contributed by atoms with Crippen molar-refractivity contribution in [3.63, 3.8) is 0 Å². The maximum absolute atomic E-state index is 12.4. The van der Waals surface area contributed by atoms with Gasteiger partial charge in [-0.2, -0.15) is 0 Å². The van der Waals surface area contributed by atoms with Gasteiger partial charge in [0.15, 0.2) is 0 Å². The van der Waals surface area contributed by atoms with Gasteiger partial charge < -0.3 is 14.4 Å². The lowest BCUT2D eigenvalue weighted by Crippen LogP contribution is -2.25. The molecule has 0 unspecified atom stereocenters. The fourth-order valence-corrected chi connectivity index (χ4v) is 2.65. The van der Waals surface area contributed by atoms with E-state index in [1.165, 1.54) is 23.1 Å². The highest BCUT2D eigenvalue weighted by Gasteiger charge is 2.34. The topological polar surface area (TPSA) is 38.8 Å².